The minimum absolute atomic E-state index is 0.0748. The average molecular weight is 285 g/mol. The zero-order chi connectivity index (χ0) is 14.7. The van der Waals surface area contributed by atoms with Crippen molar-refractivity contribution in [2.24, 2.45) is 15.9 Å². The van der Waals surface area contributed by atoms with E-state index in [1.54, 1.807) is 18.2 Å². The van der Waals surface area contributed by atoms with Gasteiger partial charge in [-0.3, -0.25) is 9.59 Å². The van der Waals surface area contributed by atoms with Crippen LogP contribution in [0.3, 0.4) is 0 Å². The van der Waals surface area contributed by atoms with Crippen LogP contribution < -0.4 is 5.32 Å². The van der Waals surface area contributed by atoms with Gasteiger partial charge in [-0.15, -0.1) is 0 Å². The van der Waals surface area contributed by atoms with Gasteiger partial charge < -0.3 is 5.32 Å². The van der Waals surface area contributed by atoms with E-state index in [0.717, 1.165) is 12.8 Å². The number of aliphatic imine (C=N–C) groups is 2. The van der Waals surface area contributed by atoms with E-state index < -0.39 is 5.92 Å². The van der Waals surface area contributed by atoms with Gasteiger partial charge in [-0.1, -0.05) is 37.8 Å². The van der Waals surface area contributed by atoms with E-state index in [1.165, 1.54) is 32.0 Å². The van der Waals surface area contributed by atoms with Crippen LogP contribution in [0.5, 0.6) is 0 Å². The van der Waals surface area contributed by atoms with Crippen LogP contribution in [0.15, 0.2) is 33.8 Å². The Kier molecular flexibility index (Phi) is 4.08. The highest BCUT2D eigenvalue weighted by Gasteiger charge is 2.27. The molecule has 0 aromatic heterocycles. The van der Waals surface area contributed by atoms with Crippen LogP contribution in [0.4, 0.5) is 0 Å². The minimum atomic E-state index is -0.426. The second-order valence-electron chi connectivity index (χ2n) is 5.74. The monoisotopic (exact) mass is 285 g/mol. The molecule has 1 saturated carbocycles. The number of fused-ring (bicyclic) bond motifs is 1. The van der Waals surface area contributed by atoms with Crippen molar-refractivity contribution in [3.05, 3.63) is 23.8 Å². The van der Waals surface area contributed by atoms with Crippen LogP contribution in [0, 0.1) is 5.92 Å². The van der Waals surface area contributed by atoms with Crippen LogP contribution in [0.1, 0.15) is 38.5 Å². The minimum Gasteiger partial charge on any atom is -0.349 e. The lowest BCUT2D eigenvalue weighted by atomic mass is 9.92. The first-order chi connectivity index (χ1) is 10.2. The van der Waals surface area contributed by atoms with Gasteiger partial charge in [0.1, 0.15) is 12.3 Å². The molecule has 1 unspecified atom stereocenters. The molecular weight excluding hydrogens is 266 g/mol. The number of nitrogens with zero attached hydrogens (tertiary/aromatic N) is 2. The summed E-state index contributed by atoms with van der Waals surface area (Å²) in [6.45, 7) is 0. The van der Waals surface area contributed by atoms with Gasteiger partial charge in [0.05, 0.1) is 5.71 Å². The first-order valence-corrected chi connectivity index (χ1v) is 7.59. The molecule has 0 aromatic rings. The zero-order valence-electron chi connectivity index (χ0n) is 11.9. The maximum Gasteiger partial charge on any atom is 0.260 e. The smallest absolute Gasteiger partial charge is 0.260 e. The lowest BCUT2D eigenvalue weighted by molar-refractivity contribution is -0.119. The summed E-state index contributed by atoms with van der Waals surface area (Å²) in [6, 6.07) is 0.267. The molecule has 1 fully saturated rings. The molecule has 1 aliphatic heterocycles. The highest BCUT2D eigenvalue weighted by molar-refractivity contribution is 6.20. The first-order valence-electron chi connectivity index (χ1n) is 7.59. The fourth-order valence-corrected chi connectivity index (χ4v) is 2.99. The standard InChI is InChI=1S/C16H19N3O2/c20-15(19-12-5-3-1-2-4-6-12)11-7-8-13-14(9-11)17-10-18-16(13)21/h7-10,12-13H,1-6H2,(H,19,20). The van der Waals surface area contributed by atoms with Gasteiger partial charge >= 0.3 is 0 Å². The van der Waals surface area contributed by atoms with E-state index in [9.17, 15) is 9.59 Å². The largest absolute Gasteiger partial charge is 0.349 e. The van der Waals surface area contributed by atoms with E-state index in [0.29, 0.717) is 11.3 Å². The van der Waals surface area contributed by atoms with Crippen LogP contribution in [-0.2, 0) is 9.59 Å². The molecule has 3 rings (SSSR count). The quantitative estimate of drug-likeness (QED) is 0.788. The number of hydrogen-bond donors (Lipinski definition) is 1. The molecule has 0 bridgehead atoms. The Hall–Kier alpha value is -2.04. The number of hydrogen-bond acceptors (Lipinski definition) is 3. The molecule has 0 spiro atoms. The number of rotatable bonds is 2. The SMILES string of the molecule is O=C(NC1CCCCCC1)C1=CC2=NC=NC(=O)C2C=C1. The first kappa shape index (κ1) is 13.9. The average Bonchev–Trinajstić information content (AvgIpc) is 2.76. The molecule has 0 aromatic carbocycles. The summed E-state index contributed by atoms with van der Waals surface area (Å²) in [5, 5.41) is 3.10. The van der Waals surface area contributed by atoms with Crippen molar-refractivity contribution in [1.29, 1.82) is 0 Å². The van der Waals surface area contributed by atoms with Gasteiger partial charge in [-0.05, 0) is 18.9 Å². The van der Waals surface area contributed by atoms with E-state index in [1.807, 2.05) is 0 Å². The van der Waals surface area contributed by atoms with Gasteiger partial charge in [0.15, 0.2) is 0 Å². The molecule has 1 heterocycles. The highest BCUT2D eigenvalue weighted by atomic mass is 16.2. The topological polar surface area (TPSA) is 70.9 Å². The molecule has 2 amide bonds. The molecule has 1 atom stereocenters. The van der Waals surface area contributed by atoms with Crippen molar-refractivity contribution in [2.75, 3.05) is 0 Å². The molecule has 2 aliphatic carbocycles. The normalized spacial score (nSPS) is 25.7. The molecule has 1 N–H and O–H groups in total. The van der Waals surface area contributed by atoms with Crippen LogP contribution in [0.25, 0.3) is 0 Å². The molecular formula is C16H19N3O2. The Balaban J connectivity index is 1.68. The summed E-state index contributed by atoms with van der Waals surface area (Å²) in [6.07, 6.45) is 13.3. The van der Waals surface area contributed by atoms with Crippen molar-refractivity contribution < 1.29 is 9.59 Å². The second kappa shape index (κ2) is 6.16. The summed E-state index contributed by atoms with van der Waals surface area (Å²) >= 11 is 0. The maximum absolute atomic E-state index is 12.3. The number of carbonyl (C=O) groups is 2. The molecule has 110 valence electrons. The third-order valence-corrected chi connectivity index (χ3v) is 4.20. The van der Waals surface area contributed by atoms with E-state index in [-0.39, 0.29) is 17.9 Å². The maximum atomic E-state index is 12.3. The van der Waals surface area contributed by atoms with Crippen molar-refractivity contribution in [1.82, 2.24) is 5.32 Å². The predicted molar refractivity (Wildman–Crippen MR) is 81.3 cm³/mol. The Bertz CT molecular complexity index is 564. The molecule has 21 heavy (non-hydrogen) atoms. The van der Waals surface area contributed by atoms with E-state index in [2.05, 4.69) is 15.3 Å². The third-order valence-electron chi connectivity index (χ3n) is 4.20. The van der Waals surface area contributed by atoms with Gasteiger partial charge in [0.2, 0.25) is 0 Å². The van der Waals surface area contributed by atoms with Gasteiger partial charge in [0.25, 0.3) is 11.8 Å². The van der Waals surface area contributed by atoms with E-state index >= 15 is 0 Å². The highest BCUT2D eigenvalue weighted by Crippen LogP contribution is 2.20. The number of carbonyl (C=O) groups excluding carboxylic acids is 2. The fraction of sp³-hybridized carbons (Fsp3) is 0.500. The van der Waals surface area contributed by atoms with Crippen LogP contribution >= 0.6 is 0 Å². The molecule has 0 saturated heterocycles. The van der Waals surface area contributed by atoms with Crippen molar-refractivity contribution in [3.63, 3.8) is 0 Å². The molecule has 5 nitrogen and oxygen atoms in total. The fourth-order valence-electron chi connectivity index (χ4n) is 2.99. The Morgan fingerprint density at radius 3 is 2.71 bits per heavy atom. The Labute approximate surface area is 123 Å². The number of nitrogens with one attached hydrogen (secondary N) is 1. The predicted octanol–water partition coefficient (Wildman–Crippen LogP) is 1.95. The summed E-state index contributed by atoms with van der Waals surface area (Å²) in [5.74, 6) is -0.727. The van der Waals surface area contributed by atoms with Gasteiger partial charge in [-0.25, -0.2) is 9.98 Å². The number of amides is 2. The molecule has 0 radical (unpaired) electrons. The Morgan fingerprint density at radius 2 is 1.95 bits per heavy atom. The van der Waals surface area contributed by atoms with Crippen LogP contribution in [0.2, 0.25) is 0 Å². The molecule has 3 aliphatic rings. The van der Waals surface area contributed by atoms with Crippen molar-refractivity contribution in [3.8, 4) is 0 Å². The third kappa shape index (κ3) is 3.17. The van der Waals surface area contributed by atoms with Crippen LogP contribution in [-0.4, -0.2) is 29.9 Å². The lowest BCUT2D eigenvalue weighted by Gasteiger charge is -2.20. The Morgan fingerprint density at radius 1 is 1.19 bits per heavy atom. The lowest BCUT2D eigenvalue weighted by Crippen LogP contribution is -2.36. The second-order valence-corrected chi connectivity index (χ2v) is 5.74. The van der Waals surface area contributed by atoms with Crippen molar-refractivity contribution in [2.45, 2.75) is 44.6 Å². The molecule has 5 heteroatoms. The summed E-state index contributed by atoms with van der Waals surface area (Å²) in [7, 11) is 0. The van der Waals surface area contributed by atoms with Crippen molar-refractivity contribution >= 4 is 23.9 Å². The summed E-state index contributed by atoms with van der Waals surface area (Å²) < 4.78 is 0. The number of allylic oxidation sites excluding steroid dienone is 1. The van der Waals surface area contributed by atoms with Gasteiger partial charge in [0, 0.05) is 11.6 Å². The summed E-state index contributed by atoms with van der Waals surface area (Å²) in [5.41, 5.74) is 1.17. The summed E-state index contributed by atoms with van der Waals surface area (Å²) in [4.78, 5) is 31.7. The van der Waals surface area contributed by atoms with E-state index in [4.69, 9.17) is 0 Å². The van der Waals surface area contributed by atoms with Gasteiger partial charge in [-0.2, -0.15) is 0 Å². The zero-order valence-corrected chi connectivity index (χ0v) is 11.9.